The van der Waals surface area contributed by atoms with Crippen molar-refractivity contribution in [2.45, 2.75) is 31.8 Å². The fraction of sp³-hybridized carbons (Fsp3) is 0.273. The van der Waals surface area contributed by atoms with Crippen LogP contribution in [0.1, 0.15) is 23.7 Å². The minimum atomic E-state index is -0.160. The topological polar surface area (TPSA) is 51.2 Å². The van der Waals surface area contributed by atoms with Gasteiger partial charge in [-0.1, -0.05) is 17.7 Å². The molecule has 0 saturated heterocycles. The SMILES string of the molecule is COc1ccc(-c2nc(CSC(C)C(=O)Nc3ccc(C)cc3C)cs2)cc1. The second-order valence-electron chi connectivity index (χ2n) is 6.63. The van der Waals surface area contributed by atoms with Gasteiger partial charge in [-0.15, -0.1) is 23.1 Å². The average Bonchev–Trinajstić information content (AvgIpc) is 3.17. The zero-order valence-corrected chi connectivity index (χ0v) is 18.1. The Labute approximate surface area is 174 Å². The number of hydrogen-bond acceptors (Lipinski definition) is 5. The Morgan fingerprint density at radius 3 is 2.64 bits per heavy atom. The number of benzene rings is 2. The highest BCUT2D eigenvalue weighted by Crippen LogP contribution is 2.28. The summed E-state index contributed by atoms with van der Waals surface area (Å²) in [6, 6.07) is 13.9. The highest BCUT2D eigenvalue weighted by Gasteiger charge is 2.15. The molecule has 1 aromatic heterocycles. The van der Waals surface area contributed by atoms with Crippen LogP contribution in [0.25, 0.3) is 10.6 Å². The zero-order valence-electron chi connectivity index (χ0n) is 16.5. The van der Waals surface area contributed by atoms with Crippen LogP contribution in [0, 0.1) is 13.8 Å². The summed E-state index contributed by atoms with van der Waals surface area (Å²) in [5.41, 5.74) is 5.21. The van der Waals surface area contributed by atoms with E-state index < -0.39 is 0 Å². The second-order valence-corrected chi connectivity index (χ2v) is 8.82. The lowest BCUT2D eigenvalue weighted by Crippen LogP contribution is -2.23. The number of methoxy groups -OCH3 is 1. The molecule has 146 valence electrons. The van der Waals surface area contributed by atoms with Crippen LogP contribution in [0.5, 0.6) is 5.75 Å². The van der Waals surface area contributed by atoms with Gasteiger partial charge in [0.25, 0.3) is 0 Å². The molecule has 4 nitrogen and oxygen atoms in total. The third kappa shape index (κ3) is 5.14. The van der Waals surface area contributed by atoms with Crippen molar-refractivity contribution in [3.63, 3.8) is 0 Å². The van der Waals surface area contributed by atoms with E-state index in [9.17, 15) is 4.79 Å². The summed E-state index contributed by atoms with van der Waals surface area (Å²) in [5.74, 6) is 1.55. The van der Waals surface area contributed by atoms with E-state index in [1.807, 2.05) is 57.2 Å². The van der Waals surface area contributed by atoms with Crippen molar-refractivity contribution in [1.29, 1.82) is 0 Å². The number of amides is 1. The molecule has 0 aliphatic carbocycles. The van der Waals surface area contributed by atoms with E-state index in [1.165, 1.54) is 5.56 Å². The molecule has 0 saturated carbocycles. The molecule has 0 spiro atoms. The van der Waals surface area contributed by atoms with Crippen molar-refractivity contribution < 1.29 is 9.53 Å². The Kier molecular flexibility index (Phi) is 6.75. The van der Waals surface area contributed by atoms with Gasteiger partial charge in [0.05, 0.1) is 18.1 Å². The van der Waals surface area contributed by atoms with E-state index in [0.29, 0.717) is 5.75 Å². The molecule has 1 amide bonds. The Morgan fingerprint density at radius 1 is 1.21 bits per heavy atom. The molecule has 0 bridgehead atoms. The van der Waals surface area contributed by atoms with Gasteiger partial charge in [-0.25, -0.2) is 4.98 Å². The van der Waals surface area contributed by atoms with Crippen LogP contribution in [-0.4, -0.2) is 23.3 Å². The first-order chi connectivity index (χ1) is 13.5. The molecule has 6 heteroatoms. The largest absolute Gasteiger partial charge is 0.497 e. The fourth-order valence-electron chi connectivity index (χ4n) is 2.71. The van der Waals surface area contributed by atoms with Crippen molar-refractivity contribution in [3.05, 3.63) is 64.7 Å². The highest BCUT2D eigenvalue weighted by molar-refractivity contribution is 7.99. The fourth-order valence-corrected chi connectivity index (χ4v) is 4.42. The number of aromatic nitrogens is 1. The maximum atomic E-state index is 12.5. The van der Waals surface area contributed by atoms with E-state index in [-0.39, 0.29) is 11.2 Å². The minimum absolute atomic E-state index is 0.0163. The van der Waals surface area contributed by atoms with Crippen LogP contribution in [-0.2, 0) is 10.5 Å². The number of carbonyl (C=O) groups excluding carboxylic acids is 1. The molecule has 1 atom stereocenters. The summed E-state index contributed by atoms with van der Waals surface area (Å²) in [4.78, 5) is 17.2. The number of rotatable bonds is 7. The van der Waals surface area contributed by atoms with Crippen LogP contribution in [0.3, 0.4) is 0 Å². The minimum Gasteiger partial charge on any atom is -0.497 e. The first-order valence-electron chi connectivity index (χ1n) is 9.05. The summed E-state index contributed by atoms with van der Waals surface area (Å²) in [5, 5.41) is 5.90. The summed E-state index contributed by atoms with van der Waals surface area (Å²) in [6.07, 6.45) is 0. The molecule has 2 aromatic carbocycles. The predicted octanol–water partition coefficient (Wildman–Crippen LogP) is 5.70. The second kappa shape index (κ2) is 9.26. The van der Waals surface area contributed by atoms with Crippen molar-refractivity contribution in [1.82, 2.24) is 4.98 Å². The predicted molar refractivity (Wildman–Crippen MR) is 119 cm³/mol. The molecule has 1 heterocycles. The van der Waals surface area contributed by atoms with Crippen LogP contribution in [0.15, 0.2) is 47.8 Å². The van der Waals surface area contributed by atoms with Crippen LogP contribution in [0.4, 0.5) is 5.69 Å². The van der Waals surface area contributed by atoms with E-state index in [0.717, 1.165) is 33.3 Å². The average molecular weight is 413 g/mol. The number of thiazole rings is 1. The van der Waals surface area contributed by atoms with Crippen molar-refractivity contribution in [2.75, 3.05) is 12.4 Å². The van der Waals surface area contributed by atoms with Gasteiger partial charge in [0.2, 0.25) is 5.91 Å². The molecule has 3 rings (SSSR count). The van der Waals surface area contributed by atoms with Gasteiger partial charge in [-0.3, -0.25) is 4.79 Å². The molecular formula is C22H24N2O2S2. The molecule has 28 heavy (non-hydrogen) atoms. The number of nitrogens with zero attached hydrogens (tertiary/aromatic N) is 1. The Balaban J connectivity index is 1.56. The quantitative estimate of drug-likeness (QED) is 0.541. The molecule has 3 aromatic rings. The molecular weight excluding hydrogens is 388 g/mol. The Bertz CT molecular complexity index is 951. The number of ether oxygens (including phenoxy) is 1. The summed E-state index contributed by atoms with van der Waals surface area (Å²) < 4.78 is 5.20. The lowest BCUT2D eigenvalue weighted by Gasteiger charge is -2.13. The van der Waals surface area contributed by atoms with Crippen LogP contribution < -0.4 is 10.1 Å². The van der Waals surface area contributed by atoms with E-state index in [2.05, 4.69) is 16.8 Å². The monoisotopic (exact) mass is 412 g/mol. The molecule has 0 aliphatic rings. The lowest BCUT2D eigenvalue weighted by molar-refractivity contribution is -0.115. The van der Waals surface area contributed by atoms with Gasteiger partial charge in [-0.2, -0.15) is 0 Å². The summed E-state index contributed by atoms with van der Waals surface area (Å²) >= 11 is 3.21. The van der Waals surface area contributed by atoms with E-state index in [4.69, 9.17) is 9.72 Å². The van der Waals surface area contributed by atoms with Crippen LogP contribution in [0.2, 0.25) is 0 Å². The van der Waals surface area contributed by atoms with Gasteiger partial charge < -0.3 is 10.1 Å². The van der Waals surface area contributed by atoms with Gasteiger partial charge in [-0.05, 0) is 56.7 Å². The molecule has 0 aliphatic heterocycles. The maximum Gasteiger partial charge on any atom is 0.237 e. The van der Waals surface area contributed by atoms with Crippen molar-refractivity contribution in [3.8, 4) is 16.3 Å². The smallest absolute Gasteiger partial charge is 0.237 e. The zero-order chi connectivity index (χ0) is 20.1. The number of thioether (sulfide) groups is 1. The van der Waals surface area contributed by atoms with E-state index >= 15 is 0 Å². The van der Waals surface area contributed by atoms with E-state index in [1.54, 1.807) is 30.2 Å². The third-order valence-corrected chi connectivity index (χ3v) is 6.50. The summed E-state index contributed by atoms with van der Waals surface area (Å²) in [6.45, 7) is 5.99. The van der Waals surface area contributed by atoms with Crippen molar-refractivity contribution in [2.24, 2.45) is 0 Å². The van der Waals surface area contributed by atoms with Crippen LogP contribution >= 0.6 is 23.1 Å². The van der Waals surface area contributed by atoms with Crippen molar-refractivity contribution >= 4 is 34.7 Å². The highest BCUT2D eigenvalue weighted by atomic mass is 32.2. The maximum absolute atomic E-state index is 12.5. The number of carbonyl (C=O) groups is 1. The third-order valence-electron chi connectivity index (χ3n) is 4.38. The number of nitrogens with one attached hydrogen (secondary N) is 1. The Hall–Kier alpha value is -2.31. The molecule has 1 N–H and O–H groups in total. The number of hydrogen-bond donors (Lipinski definition) is 1. The molecule has 0 fully saturated rings. The first kappa shape index (κ1) is 20.4. The van der Waals surface area contributed by atoms with Gasteiger partial charge in [0.15, 0.2) is 0 Å². The molecule has 1 unspecified atom stereocenters. The van der Waals surface area contributed by atoms with Gasteiger partial charge in [0, 0.05) is 22.4 Å². The molecule has 0 radical (unpaired) electrons. The first-order valence-corrected chi connectivity index (χ1v) is 11.0. The summed E-state index contributed by atoms with van der Waals surface area (Å²) in [7, 11) is 1.66. The van der Waals surface area contributed by atoms with Gasteiger partial charge in [0.1, 0.15) is 10.8 Å². The number of anilines is 1. The van der Waals surface area contributed by atoms with Gasteiger partial charge >= 0.3 is 0 Å². The number of aryl methyl sites for hydroxylation is 2. The lowest BCUT2D eigenvalue weighted by atomic mass is 10.1. The Morgan fingerprint density at radius 2 is 1.96 bits per heavy atom. The normalized spacial score (nSPS) is 11.9. The standard InChI is InChI=1S/C22H24N2O2S2/c1-14-5-10-20(15(2)11-14)24-21(25)16(3)27-12-18-13-28-22(23-18)17-6-8-19(26-4)9-7-17/h5-11,13,16H,12H2,1-4H3,(H,24,25).